The molecule has 0 spiro atoms. The molecule has 0 atom stereocenters. The molecule has 1 fully saturated rings. The van der Waals surface area contributed by atoms with Gasteiger partial charge in [0.25, 0.3) is 11.9 Å². The molecule has 0 amide bonds. The van der Waals surface area contributed by atoms with Gasteiger partial charge in [-0.05, 0) is 294 Å². The van der Waals surface area contributed by atoms with E-state index in [0.717, 1.165) is 146 Å². The minimum Gasteiger partial charge on any atom is -0.481 e. The number of allylic oxidation sites excluding steroid dienone is 8. The van der Waals surface area contributed by atoms with Crippen molar-refractivity contribution in [2.75, 3.05) is 52.9 Å². The Labute approximate surface area is 708 Å². The van der Waals surface area contributed by atoms with Crippen LogP contribution in [0, 0.1) is 3.57 Å². The van der Waals surface area contributed by atoms with Gasteiger partial charge in [0.15, 0.2) is 0 Å². The zero-order valence-corrected chi connectivity index (χ0v) is 71.9. The Kier molecular flexibility index (Phi) is 58.1. The van der Waals surface area contributed by atoms with Gasteiger partial charge in [-0.25, -0.2) is 38.4 Å². The van der Waals surface area contributed by atoms with Crippen LogP contribution in [0.3, 0.4) is 0 Å². The molecule has 1 heterocycles. The molecule has 25 heteroatoms. The van der Waals surface area contributed by atoms with E-state index >= 15 is 0 Å². The molecule has 4 aromatic carbocycles. The summed E-state index contributed by atoms with van der Waals surface area (Å²) >= 11 is 2.07. The van der Waals surface area contributed by atoms with E-state index in [1.807, 2.05) is 52.0 Å². The average molecular weight is 1800 g/mol. The number of benzene rings is 4. The molecular weight excluding hydrogens is 1680 g/mol. The van der Waals surface area contributed by atoms with Crippen LogP contribution in [0.25, 0.3) is 11.1 Å². The topological polar surface area (TPSA) is 303 Å². The maximum atomic E-state index is 13.1. The number of unbranched alkanes of at least 4 members (excludes halogenated alkanes) is 16. The summed E-state index contributed by atoms with van der Waals surface area (Å²) in [5.74, 6) is -5.92. The van der Waals surface area contributed by atoms with Gasteiger partial charge in [-0.2, -0.15) is 0 Å². The third-order valence-corrected chi connectivity index (χ3v) is 17.4. The molecule has 5 rings (SSSR count). The van der Waals surface area contributed by atoms with Crippen molar-refractivity contribution in [1.29, 1.82) is 0 Å². The Morgan fingerprint density at radius 3 is 0.635 bits per heavy atom. The van der Waals surface area contributed by atoms with Gasteiger partial charge in [0.05, 0.1) is 109 Å². The predicted molar refractivity (Wildman–Crippen MR) is 454 cm³/mol. The maximum Gasteiger partial charge on any atom is 0.494 e. The first kappa shape index (κ1) is 106. The number of hydrogen-bond acceptors (Lipinski definition) is 20. The summed E-state index contributed by atoms with van der Waals surface area (Å²) in [6.45, 7) is 41.6. The number of aliphatic carboxylic acids is 2. The van der Waals surface area contributed by atoms with E-state index in [9.17, 15) is 38.4 Å². The van der Waals surface area contributed by atoms with Crippen LogP contribution < -0.4 is 5.46 Å². The predicted octanol–water partition coefficient (Wildman–Crippen LogP) is 19.9. The van der Waals surface area contributed by atoms with Gasteiger partial charge in [0.1, 0.15) is 0 Å². The van der Waals surface area contributed by atoms with Crippen LogP contribution in [0.1, 0.15) is 279 Å². The summed E-state index contributed by atoms with van der Waals surface area (Å²) in [6.07, 6.45) is 34.1. The molecule has 115 heavy (non-hydrogen) atoms. The van der Waals surface area contributed by atoms with Crippen molar-refractivity contribution in [2.24, 2.45) is 0 Å². The first-order chi connectivity index (χ1) is 54.5. The normalized spacial score (nSPS) is 11.7. The second kappa shape index (κ2) is 63.1. The van der Waals surface area contributed by atoms with Crippen molar-refractivity contribution in [3.63, 3.8) is 0 Å². The van der Waals surface area contributed by atoms with Gasteiger partial charge in [-0.15, -0.1) is 52.6 Å². The van der Waals surface area contributed by atoms with Crippen molar-refractivity contribution in [3.8, 4) is 11.1 Å². The number of carboxylic acid groups (broad SMARTS) is 2. The molecule has 0 aromatic heterocycles. The Hall–Kier alpha value is -9.12. The smallest absolute Gasteiger partial charge is 0.481 e. The molecule has 1 saturated heterocycles. The number of carbonyl (C=O) groups is 10. The number of hydrogen-bond donors (Lipinski definition) is 2. The van der Waals surface area contributed by atoms with Crippen LogP contribution in [0.2, 0.25) is 0 Å². The van der Waals surface area contributed by atoms with Crippen LogP contribution in [0.15, 0.2) is 174 Å². The van der Waals surface area contributed by atoms with Crippen molar-refractivity contribution in [2.45, 2.75) is 207 Å². The summed E-state index contributed by atoms with van der Waals surface area (Å²) in [5, 5.41) is 14.8. The number of esters is 8. The molecule has 0 saturated carbocycles. The van der Waals surface area contributed by atoms with Gasteiger partial charge >= 0.3 is 54.9 Å². The number of halogens is 1. The Morgan fingerprint density at radius 2 is 0.470 bits per heavy atom. The zero-order chi connectivity index (χ0) is 85.1. The monoisotopic (exact) mass is 1800 g/mol. The van der Waals surface area contributed by atoms with E-state index in [1.54, 1.807) is 72.8 Å². The molecule has 0 radical (unpaired) electrons. The summed E-state index contributed by atoms with van der Waals surface area (Å²) in [7, 11) is -0.713. The van der Waals surface area contributed by atoms with E-state index in [0.29, 0.717) is 79.8 Å². The second-order valence-corrected chi connectivity index (χ2v) is 28.4. The number of carbonyl (C=O) groups excluding carboxylic acids is 8. The second-order valence-electron chi connectivity index (χ2n) is 27.2. The van der Waals surface area contributed by atoms with E-state index in [-0.39, 0.29) is 80.2 Å². The Balaban J connectivity index is 0.00000168. The van der Waals surface area contributed by atoms with E-state index in [2.05, 4.69) is 75.2 Å². The Bertz CT molecular complexity index is 3430. The first-order valence-electron chi connectivity index (χ1n) is 38.7. The Morgan fingerprint density at radius 1 is 0.313 bits per heavy atom. The van der Waals surface area contributed by atoms with Crippen molar-refractivity contribution < 1.29 is 126 Å². The fourth-order valence-electron chi connectivity index (χ4n) is 10.00. The third kappa shape index (κ3) is 46.9. The van der Waals surface area contributed by atoms with Crippen LogP contribution in [0.4, 0.5) is 0 Å². The summed E-state index contributed by atoms with van der Waals surface area (Å²) in [5.41, 5.74) is 2.12. The third-order valence-electron chi connectivity index (χ3n) is 16.7. The fraction of sp³-hybridized carbons (Fsp3) is 0.444. The van der Waals surface area contributed by atoms with Crippen molar-refractivity contribution in [3.05, 3.63) is 222 Å². The van der Waals surface area contributed by atoms with Gasteiger partial charge in [0.2, 0.25) is 0 Å². The van der Waals surface area contributed by atoms with Gasteiger partial charge < -0.3 is 57.4 Å². The zero-order valence-electron chi connectivity index (χ0n) is 68.2. The molecule has 0 unspecified atom stereocenters. The SMILES string of the molecule is C=CCCCCOC(=O)c1cc(B2OC(C)(C)C(C)(C)O2)cc(C(=O)OCCCCC=C)c1.C=CCCCCOC(=O)c1cc(C(=O)OCCCCC=C)cc(-c2cc(C(=O)OCCCCC=C)cc(C(=O)OCCCCC=C)c2)c1.C=CCCCCOC(=O)c1cc(I)cc(C(=O)OCCCCC=C)c1.CC(=O)O.CC(=O)O.[Pd]. The number of ether oxygens (including phenoxy) is 8. The number of rotatable bonds is 50. The van der Waals surface area contributed by atoms with E-state index < -0.39 is 78.0 Å². The first-order valence-corrected chi connectivity index (χ1v) is 39.8. The molecule has 4 aromatic rings. The van der Waals surface area contributed by atoms with E-state index in [1.165, 1.54) is 24.3 Å². The average Bonchev–Trinajstić information content (AvgIpc) is 1.66. The molecule has 1 aliphatic heterocycles. The molecule has 1 aliphatic rings. The van der Waals surface area contributed by atoms with Crippen molar-refractivity contribution >= 4 is 94.9 Å². The molecule has 0 aliphatic carbocycles. The maximum absolute atomic E-state index is 13.1. The van der Waals surface area contributed by atoms with Crippen molar-refractivity contribution in [1.82, 2.24) is 0 Å². The minimum absolute atomic E-state index is 0. The molecule has 0 bridgehead atoms. The fourth-order valence-corrected chi connectivity index (χ4v) is 10.7. The standard InChI is InChI=1S/C40H50O8.C26H37BO6.C20H25IO4.2C2H4O2.Pd/c1-5-9-13-17-21-45-37(41)33-25-31(26-34(29-33)38(42)46-22-18-14-10-6-2)32-27-35(39(43)47-23-19-15-11-7-3)30-36(28-32)40(44)48-24-20-16-12-8-4;1-7-9-11-13-15-30-23(28)20-17-21(24(29)31-16-14-12-10-8-2)19-22(18-20)27-32-25(3,4)26(5,6)33-27;1-3-5-7-9-11-24-19(22)16-13-17(15-18(21)14-16)20(23)25-12-10-8-6-4-2;2*1-2(3)4;/h5-8,25-30H,1-4,9-24H2;7-8,17-19H,1-2,9-16H2,3-6H3;3-4,13-15H,1-2,5-12H2;2*1H3,(H,3,4);. The van der Waals surface area contributed by atoms with Crippen LogP contribution in [-0.4, -0.2) is 141 Å². The quantitative estimate of drug-likeness (QED) is 0.0104. The van der Waals surface area contributed by atoms with Gasteiger partial charge in [0, 0.05) is 37.8 Å². The van der Waals surface area contributed by atoms with Crippen LogP contribution in [0.5, 0.6) is 0 Å². The summed E-state index contributed by atoms with van der Waals surface area (Å²) in [6, 6.07) is 18.9. The summed E-state index contributed by atoms with van der Waals surface area (Å²) in [4.78, 5) is 120. The van der Waals surface area contributed by atoms with Gasteiger partial charge in [-0.3, -0.25) is 9.59 Å². The van der Waals surface area contributed by atoms with Gasteiger partial charge in [-0.1, -0.05) is 48.6 Å². The largest absolute Gasteiger partial charge is 0.494 e. The molecule has 632 valence electrons. The van der Waals surface area contributed by atoms with E-state index in [4.69, 9.17) is 67.0 Å². The number of carboxylic acids is 2. The molecular formula is C90H120BIO22Pd. The minimum atomic E-state index is -0.833. The molecule has 22 nitrogen and oxygen atoms in total. The van der Waals surface area contributed by atoms with Crippen LogP contribution in [-0.2, 0) is 77.2 Å². The van der Waals surface area contributed by atoms with Crippen LogP contribution >= 0.6 is 22.6 Å². The summed E-state index contributed by atoms with van der Waals surface area (Å²) < 4.78 is 56.4. The molecule has 2 N–H and O–H groups in total.